The Labute approximate surface area is 224 Å². The number of benzene rings is 2. The van der Waals surface area contributed by atoms with Gasteiger partial charge in [0.25, 0.3) is 0 Å². The van der Waals surface area contributed by atoms with E-state index in [0.29, 0.717) is 38.8 Å². The third-order valence-corrected chi connectivity index (χ3v) is 7.08. The molecule has 3 aromatic rings. The van der Waals surface area contributed by atoms with Crippen LogP contribution in [0.15, 0.2) is 42.5 Å². The molecule has 1 unspecified atom stereocenters. The zero-order valence-corrected chi connectivity index (χ0v) is 22.9. The van der Waals surface area contributed by atoms with Gasteiger partial charge in [-0.15, -0.1) is 0 Å². The Morgan fingerprint density at radius 2 is 1.79 bits per heavy atom. The number of piperazine rings is 1. The molecule has 2 aliphatic rings. The zero-order chi connectivity index (χ0) is 26.9. The molecule has 9 nitrogen and oxygen atoms in total. The molecule has 9 heteroatoms. The van der Waals surface area contributed by atoms with Crippen molar-refractivity contribution < 1.29 is 19.0 Å². The fraction of sp³-hybridized carbons (Fsp3) is 0.483. The molecular weight excluding hydrogens is 482 g/mol. The predicted octanol–water partition coefficient (Wildman–Crippen LogP) is 4.27. The number of amides is 1. The minimum atomic E-state index is -0.555. The summed E-state index contributed by atoms with van der Waals surface area (Å²) in [7, 11) is 3.26. The highest BCUT2D eigenvalue weighted by molar-refractivity contribution is 5.94. The number of rotatable bonds is 5. The van der Waals surface area contributed by atoms with E-state index in [4.69, 9.17) is 24.2 Å². The minimum absolute atomic E-state index is 0.156. The molecule has 0 spiro atoms. The monoisotopic (exact) mass is 519 g/mol. The molecule has 1 atom stereocenters. The van der Waals surface area contributed by atoms with Crippen LogP contribution in [0.4, 0.5) is 16.3 Å². The maximum absolute atomic E-state index is 12.9. The van der Waals surface area contributed by atoms with Crippen molar-refractivity contribution in [2.24, 2.45) is 0 Å². The van der Waals surface area contributed by atoms with Gasteiger partial charge < -0.3 is 24.0 Å². The standard InChI is InChI=1S/C29H37N5O4/c1-29(2,3)38-28(35)34-16-15-33(17-21(34)19-36-4)26-23-13-14-32(18-24(23)30-27(31-26)37-5)25-12-8-10-20-9-6-7-11-22(20)25/h6-12,21H,13-19H2,1-5H3. The van der Waals surface area contributed by atoms with E-state index < -0.39 is 5.60 Å². The summed E-state index contributed by atoms with van der Waals surface area (Å²) in [6.07, 6.45) is 0.506. The van der Waals surface area contributed by atoms with Crippen molar-refractivity contribution in [1.29, 1.82) is 0 Å². The van der Waals surface area contributed by atoms with Gasteiger partial charge in [-0.05, 0) is 38.6 Å². The highest BCUT2D eigenvalue weighted by Gasteiger charge is 2.36. The number of nitrogens with zero attached hydrogens (tertiary/aromatic N) is 5. The first-order valence-corrected chi connectivity index (χ1v) is 13.2. The van der Waals surface area contributed by atoms with Crippen molar-refractivity contribution >= 4 is 28.4 Å². The Hall–Kier alpha value is -3.59. The van der Waals surface area contributed by atoms with E-state index in [1.165, 1.54) is 16.5 Å². The van der Waals surface area contributed by atoms with Crippen molar-refractivity contribution in [3.63, 3.8) is 0 Å². The number of fused-ring (bicyclic) bond motifs is 2. The van der Waals surface area contributed by atoms with Crippen LogP contribution in [-0.2, 0) is 22.4 Å². The van der Waals surface area contributed by atoms with Gasteiger partial charge in [-0.25, -0.2) is 4.79 Å². The Morgan fingerprint density at radius 1 is 1.00 bits per heavy atom. The van der Waals surface area contributed by atoms with Crippen LogP contribution in [0.2, 0.25) is 0 Å². The summed E-state index contributed by atoms with van der Waals surface area (Å²) in [4.78, 5) is 28.9. The Kier molecular flexibility index (Phi) is 7.29. The van der Waals surface area contributed by atoms with Crippen LogP contribution in [0.25, 0.3) is 10.8 Å². The third-order valence-electron chi connectivity index (χ3n) is 7.08. The van der Waals surface area contributed by atoms with Crippen LogP contribution in [0.1, 0.15) is 32.0 Å². The van der Waals surface area contributed by atoms with E-state index >= 15 is 0 Å². The van der Waals surface area contributed by atoms with Crippen LogP contribution in [0, 0.1) is 0 Å². The molecule has 2 aromatic carbocycles. The second-order valence-electron chi connectivity index (χ2n) is 10.9. The quantitative estimate of drug-likeness (QED) is 0.494. The van der Waals surface area contributed by atoms with Crippen molar-refractivity contribution in [1.82, 2.24) is 14.9 Å². The maximum Gasteiger partial charge on any atom is 0.410 e. The highest BCUT2D eigenvalue weighted by Crippen LogP contribution is 2.34. The van der Waals surface area contributed by atoms with Crippen molar-refractivity contribution in [3.05, 3.63) is 53.7 Å². The lowest BCUT2D eigenvalue weighted by molar-refractivity contribution is 0.00335. The number of hydrogen-bond acceptors (Lipinski definition) is 8. The van der Waals surface area contributed by atoms with E-state index in [0.717, 1.165) is 30.0 Å². The maximum atomic E-state index is 12.9. The first kappa shape index (κ1) is 26.0. The van der Waals surface area contributed by atoms with Crippen LogP contribution < -0.4 is 14.5 Å². The van der Waals surface area contributed by atoms with Gasteiger partial charge in [-0.1, -0.05) is 36.4 Å². The van der Waals surface area contributed by atoms with Crippen LogP contribution in [0.5, 0.6) is 6.01 Å². The summed E-state index contributed by atoms with van der Waals surface area (Å²) in [5.74, 6) is 0.884. The van der Waals surface area contributed by atoms with E-state index in [1.54, 1.807) is 19.1 Å². The lowest BCUT2D eigenvalue weighted by Crippen LogP contribution is -2.58. The normalized spacial score (nSPS) is 17.9. The number of carbonyl (C=O) groups excluding carboxylic acids is 1. The van der Waals surface area contributed by atoms with E-state index in [2.05, 4.69) is 52.3 Å². The van der Waals surface area contributed by atoms with Crippen molar-refractivity contribution in [3.8, 4) is 6.01 Å². The van der Waals surface area contributed by atoms with E-state index in [9.17, 15) is 4.79 Å². The Balaban J connectivity index is 1.42. The van der Waals surface area contributed by atoms with Crippen LogP contribution in [0.3, 0.4) is 0 Å². The van der Waals surface area contributed by atoms with E-state index in [1.807, 2.05) is 20.8 Å². The average molecular weight is 520 g/mol. The summed E-state index contributed by atoms with van der Waals surface area (Å²) in [5.41, 5.74) is 2.77. The first-order valence-electron chi connectivity index (χ1n) is 13.2. The second-order valence-corrected chi connectivity index (χ2v) is 10.9. The lowest BCUT2D eigenvalue weighted by Gasteiger charge is -2.43. The minimum Gasteiger partial charge on any atom is -0.467 e. The fourth-order valence-electron chi connectivity index (χ4n) is 5.37. The van der Waals surface area contributed by atoms with Crippen LogP contribution >= 0.6 is 0 Å². The SMILES string of the molecule is COCC1CN(c2nc(OC)nc3c2CCN(c2cccc4ccccc24)C3)CCN1C(=O)OC(C)(C)C. The Bertz CT molecular complexity index is 1300. The van der Waals surface area contributed by atoms with Gasteiger partial charge in [0.1, 0.15) is 11.4 Å². The second kappa shape index (κ2) is 10.6. The molecule has 1 saturated heterocycles. The Morgan fingerprint density at radius 3 is 2.55 bits per heavy atom. The topological polar surface area (TPSA) is 80.3 Å². The fourth-order valence-corrected chi connectivity index (χ4v) is 5.37. The number of methoxy groups -OCH3 is 2. The largest absolute Gasteiger partial charge is 0.467 e. The van der Waals surface area contributed by atoms with E-state index in [-0.39, 0.29) is 12.1 Å². The molecule has 0 N–H and O–H groups in total. The molecule has 202 valence electrons. The molecule has 1 fully saturated rings. The molecule has 1 amide bonds. The summed E-state index contributed by atoms with van der Waals surface area (Å²) < 4.78 is 16.7. The average Bonchev–Trinajstić information content (AvgIpc) is 2.91. The highest BCUT2D eigenvalue weighted by atomic mass is 16.6. The number of aromatic nitrogens is 2. The summed E-state index contributed by atoms with van der Waals surface area (Å²) in [5, 5.41) is 2.46. The smallest absolute Gasteiger partial charge is 0.410 e. The zero-order valence-electron chi connectivity index (χ0n) is 22.9. The predicted molar refractivity (Wildman–Crippen MR) is 148 cm³/mol. The van der Waals surface area contributed by atoms with Crippen LogP contribution in [-0.4, -0.2) is 79.6 Å². The molecule has 0 radical (unpaired) electrons. The lowest BCUT2D eigenvalue weighted by atomic mass is 10.0. The molecular formula is C29H37N5O4. The van der Waals surface area contributed by atoms with Gasteiger partial charge in [-0.2, -0.15) is 9.97 Å². The van der Waals surface area contributed by atoms with Crippen molar-refractivity contribution in [2.45, 2.75) is 45.4 Å². The number of carbonyl (C=O) groups is 1. The van der Waals surface area contributed by atoms with Gasteiger partial charge in [0.15, 0.2) is 0 Å². The van der Waals surface area contributed by atoms with Gasteiger partial charge in [0, 0.05) is 49.9 Å². The summed E-state index contributed by atoms with van der Waals surface area (Å²) >= 11 is 0. The molecule has 0 bridgehead atoms. The molecule has 2 aliphatic heterocycles. The number of ether oxygens (including phenoxy) is 3. The van der Waals surface area contributed by atoms with Gasteiger partial charge >= 0.3 is 12.1 Å². The molecule has 0 saturated carbocycles. The first-order chi connectivity index (χ1) is 18.3. The molecule has 0 aliphatic carbocycles. The van der Waals surface area contributed by atoms with Gasteiger partial charge in [0.2, 0.25) is 0 Å². The third kappa shape index (κ3) is 5.34. The van der Waals surface area contributed by atoms with Gasteiger partial charge in [0.05, 0.1) is 32.0 Å². The number of anilines is 2. The summed E-state index contributed by atoms with van der Waals surface area (Å²) in [6, 6.07) is 15.1. The summed E-state index contributed by atoms with van der Waals surface area (Å²) in [6.45, 7) is 9.35. The molecule has 3 heterocycles. The van der Waals surface area contributed by atoms with Gasteiger partial charge in [-0.3, -0.25) is 4.90 Å². The molecule has 5 rings (SSSR count). The molecule has 38 heavy (non-hydrogen) atoms. The van der Waals surface area contributed by atoms with Crippen molar-refractivity contribution in [2.75, 3.05) is 56.8 Å². The number of hydrogen-bond donors (Lipinski definition) is 0. The molecule has 1 aromatic heterocycles.